The first-order chi connectivity index (χ1) is 11.4. The van der Waals surface area contributed by atoms with E-state index in [-0.39, 0.29) is 36.9 Å². The van der Waals surface area contributed by atoms with Gasteiger partial charge in [0.05, 0.1) is 0 Å². The molecule has 1 aliphatic heterocycles. The van der Waals surface area contributed by atoms with Gasteiger partial charge in [-0.2, -0.15) is 0 Å². The molecule has 1 saturated heterocycles. The molecule has 0 radical (unpaired) electrons. The van der Waals surface area contributed by atoms with Crippen molar-refractivity contribution in [3.8, 4) is 0 Å². The van der Waals surface area contributed by atoms with Gasteiger partial charge in [0.25, 0.3) is 5.91 Å². The van der Waals surface area contributed by atoms with E-state index >= 15 is 0 Å². The van der Waals surface area contributed by atoms with Gasteiger partial charge in [-0.1, -0.05) is 39.5 Å². The Labute approximate surface area is 143 Å². The Bertz CT molecular complexity index is 528. The van der Waals surface area contributed by atoms with Crippen LogP contribution in [0.15, 0.2) is 0 Å². The van der Waals surface area contributed by atoms with E-state index in [4.69, 9.17) is 0 Å². The van der Waals surface area contributed by atoms with Crippen LogP contribution in [0.25, 0.3) is 0 Å². The van der Waals surface area contributed by atoms with Crippen LogP contribution in [0.2, 0.25) is 0 Å². The van der Waals surface area contributed by atoms with Gasteiger partial charge in [0.15, 0.2) is 0 Å². The van der Waals surface area contributed by atoms with Crippen molar-refractivity contribution in [1.82, 2.24) is 15.5 Å². The van der Waals surface area contributed by atoms with E-state index in [2.05, 4.69) is 24.5 Å². The second kappa shape index (κ2) is 6.73. The van der Waals surface area contributed by atoms with Crippen molar-refractivity contribution in [1.29, 1.82) is 0 Å². The van der Waals surface area contributed by atoms with Crippen molar-refractivity contribution < 1.29 is 14.4 Å². The summed E-state index contributed by atoms with van der Waals surface area (Å²) in [5, 5.41) is 5.96. The quantitative estimate of drug-likeness (QED) is 0.773. The van der Waals surface area contributed by atoms with Crippen LogP contribution in [0.4, 0.5) is 4.79 Å². The summed E-state index contributed by atoms with van der Waals surface area (Å²) in [5.74, 6) is 0.893. The van der Waals surface area contributed by atoms with Gasteiger partial charge in [-0.3, -0.25) is 14.5 Å². The monoisotopic (exact) mass is 335 g/mol. The molecular formula is C18H29N3O3. The Hall–Kier alpha value is -1.59. The van der Waals surface area contributed by atoms with E-state index < -0.39 is 5.54 Å². The lowest BCUT2D eigenvalue weighted by Gasteiger charge is -2.34. The normalized spacial score (nSPS) is 32.2. The molecule has 2 N–H and O–H groups in total. The zero-order valence-corrected chi connectivity index (χ0v) is 14.8. The molecule has 2 saturated carbocycles. The van der Waals surface area contributed by atoms with Crippen molar-refractivity contribution in [3.05, 3.63) is 0 Å². The van der Waals surface area contributed by atoms with Gasteiger partial charge in [-0.25, -0.2) is 4.79 Å². The molecule has 3 aliphatic rings. The van der Waals surface area contributed by atoms with Crippen LogP contribution in [-0.4, -0.2) is 40.9 Å². The fourth-order valence-corrected chi connectivity index (χ4v) is 4.47. The Morgan fingerprint density at radius 3 is 2.62 bits per heavy atom. The molecule has 3 unspecified atom stereocenters. The lowest BCUT2D eigenvalue weighted by molar-refractivity contribution is -0.131. The zero-order valence-electron chi connectivity index (χ0n) is 14.8. The van der Waals surface area contributed by atoms with Crippen LogP contribution in [0.1, 0.15) is 65.2 Å². The van der Waals surface area contributed by atoms with Crippen molar-refractivity contribution in [2.24, 2.45) is 11.8 Å². The Morgan fingerprint density at radius 2 is 1.92 bits per heavy atom. The maximum absolute atomic E-state index is 12.5. The molecule has 4 amide bonds. The summed E-state index contributed by atoms with van der Waals surface area (Å²) in [4.78, 5) is 38.2. The van der Waals surface area contributed by atoms with Crippen molar-refractivity contribution >= 4 is 17.8 Å². The van der Waals surface area contributed by atoms with Crippen LogP contribution in [0.3, 0.4) is 0 Å². The van der Waals surface area contributed by atoms with E-state index in [1.54, 1.807) is 0 Å². The van der Waals surface area contributed by atoms with Crippen LogP contribution < -0.4 is 10.6 Å². The Balaban J connectivity index is 1.51. The highest BCUT2D eigenvalue weighted by Gasteiger charge is 2.52. The number of nitrogens with one attached hydrogen (secondary N) is 2. The predicted molar refractivity (Wildman–Crippen MR) is 90.2 cm³/mol. The topological polar surface area (TPSA) is 78.5 Å². The minimum absolute atomic E-state index is 0.0612. The molecule has 0 aromatic heterocycles. The summed E-state index contributed by atoms with van der Waals surface area (Å²) < 4.78 is 0. The van der Waals surface area contributed by atoms with Crippen molar-refractivity contribution in [2.75, 3.05) is 6.54 Å². The summed E-state index contributed by atoms with van der Waals surface area (Å²) >= 11 is 0. The molecule has 2 aliphatic carbocycles. The van der Waals surface area contributed by atoms with Gasteiger partial charge in [-0.05, 0) is 31.1 Å². The second-order valence-electron chi connectivity index (χ2n) is 7.87. The molecule has 3 fully saturated rings. The molecule has 0 aromatic rings. The number of hydrogen-bond donors (Lipinski definition) is 2. The minimum atomic E-state index is -0.680. The van der Waals surface area contributed by atoms with Crippen LogP contribution in [0.5, 0.6) is 0 Å². The SMILES string of the molecule is CC1CCCC(NC(=O)CCN2C(=O)NC3(CCCC3)C2=O)C1C. The van der Waals surface area contributed by atoms with E-state index in [0.29, 0.717) is 11.8 Å². The Kier molecular flexibility index (Phi) is 4.83. The number of hydrogen-bond acceptors (Lipinski definition) is 3. The minimum Gasteiger partial charge on any atom is -0.353 e. The van der Waals surface area contributed by atoms with Crippen LogP contribution in [-0.2, 0) is 9.59 Å². The third-order valence-corrected chi connectivity index (χ3v) is 6.32. The van der Waals surface area contributed by atoms with Gasteiger partial charge < -0.3 is 10.6 Å². The number of rotatable bonds is 4. The molecule has 1 spiro atoms. The third-order valence-electron chi connectivity index (χ3n) is 6.32. The summed E-state index contributed by atoms with van der Waals surface area (Å²) in [7, 11) is 0. The molecule has 3 rings (SSSR count). The third kappa shape index (κ3) is 3.15. The highest BCUT2D eigenvalue weighted by atomic mass is 16.2. The lowest BCUT2D eigenvalue weighted by atomic mass is 9.78. The molecule has 134 valence electrons. The van der Waals surface area contributed by atoms with E-state index in [9.17, 15) is 14.4 Å². The molecule has 1 heterocycles. The number of carbonyl (C=O) groups is 3. The summed E-state index contributed by atoms with van der Waals surface area (Å²) in [6.07, 6.45) is 6.95. The maximum Gasteiger partial charge on any atom is 0.325 e. The van der Waals surface area contributed by atoms with Crippen LogP contribution in [0, 0.1) is 11.8 Å². The van der Waals surface area contributed by atoms with Gasteiger partial charge in [0.1, 0.15) is 5.54 Å². The van der Waals surface area contributed by atoms with E-state index in [0.717, 1.165) is 38.5 Å². The number of imide groups is 1. The first-order valence-corrected chi connectivity index (χ1v) is 9.36. The molecule has 0 aromatic carbocycles. The van der Waals surface area contributed by atoms with E-state index in [1.807, 2.05) is 0 Å². The number of urea groups is 1. The van der Waals surface area contributed by atoms with Gasteiger partial charge >= 0.3 is 6.03 Å². The molecular weight excluding hydrogens is 306 g/mol. The zero-order chi connectivity index (χ0) is 17.3. The fraction of sp³-hybridized carbons (Fsp3) is 0.833. The summed E-state index contributed by atoms with van der Waals surface area (Å²) in [6, 6.07) is -0.125. The fourth-order valence-electron chi connectivity index (χ4n) is 4.47. The number of nitrogens with zero attached hydrogens (tertiary/aromatic N) is 1. The first-order valence-electron chi connectivity index (χ1n) is 9.36. The van der Waals surface area contributed by atoms with E-state index in [1.165, 1.54) is 11.3 Å². The average molecular weight is 335 g/mol. The van der Waals surface area contributed by atoms with Crippen molar-refractivity contribution in [2.45, 2.75) is 76.8 Å². The molecule has 3 atom stereocenters. The molecule has 0 bridgehead atoms. The number of carbonyl (C=O) groups excluding carboxylic acids is 3. The van der Waals surface area contributed by atoms with Gasteiger partial charge in [-0.15, -0.1) is 0 Å². The maximum atomic E-state index is 12.5. The lowest BCUT2D eigenvalue weighted by Crippen LogP contribution is -2.45. The Morgan fingerprint density at radius 1 is 1.21 bits per heavy atom. The molecule has 24 heavy (non-hydrogen) atoms. The summed E-state index contributed by atoms with van der Waals surface area (Å²) in [6.45, 7) is 4.60. The smallest absolute Gasteiger partial charge is 0.325 e. The van der Waals surface area contributed by atoms with Crippen molar-refractivity contribution in [3.63, 3.8) is 0 Å². The predicted octanol–water partition coefficient (Wildman–Crippen LogP) is 2.18. The molecule has 6 nitrogen and oxygen atoms in total. The average Bonchev–Trinajstić information content (AvgIpc) is 3.09. The largest absolute Gasteiger partial charge is 0.353 e. The second-order valence-corrected chi connectivity index (χ2v) is 7.87. The molecule has 6 heteroatoms. The first kappa shape index (κ1) is 17.2. The van der Waals surface area contributed by atoms with Gasteiger partial charge in [0.2, 0.25) is 5.91 Å². The van der Waals surface area contributed by atoms with Gasteiger partial charge in [0, 0.05) is 19.0 Å². The highest BCUT2D eigenvalue weighted by Crippen LogP contribution is 2.35. The summed E-state index contributed by atoms with van der Waals surface area (Å²) in [5.41, 5.74) is -0.680. The highest BCUT2D eigenvalue weighted by molar-refractivity contribution is 6.07. The van der Waals surface area contributed by atoms with Crippen LogP contribution >= 0.6 is 0 Å². The standard InChI is InChI=1S/C18H29N3O3/c1-12-6-5-7-14(13(12)2)19-15(22)8-11-21-16(23)18(20-17(21)24)9-3-4-10-18/h12-14H,3-11H2,1-2H3,(H,19,22)(H,20,24). The number of amides is 4.